The molecule has 2 heterocycles. The van der Waals surface area contributed by atoms with Gasteiger partial charge in [-0.3, -0.25) is 14.4 Å². The molecule has 0 bridgehead atoms. The molecular weight excluding hydrogens is 292 g/mol. The number of hydrogen-bond donors (Lipinski definition) is 1. The third kappa shape index (κ3) is 3.05. The fraction of sp³-hybridized carbons (Fsp3) is 0.889. The molecular formula is C18H30N2O3. The molecule has 5 nitrogen and oxygen atoms in total. The number of hydroxylamine groups is 2. The summed E-state index contributed by atoms with van der Waals surface area (Å²) in [4.78, 5) is 30.7. The van der Waals surface area contributed by atoms with Crippen LogP contribution in [0.2, 0.25) is 0 Å². The number of ketones is 1. The molecule has 0 aromatic heterocycles. The molecule has 3 aliphatic rings. The zero-order chi connectivity index (χ0) is 16.9. The molecule has 2 aliphatic heterocycles. The number of carbonyl (C=O) groups is 2. The molecule has 1 amide bonds. The van der Waals surface area contributed by atoms with Gasteiger partial charge in [0, 0.05) is 11.1 Å². The minimum absolute atomic E-state index is 0.0235. The first kappa shape index (κ1) is 16.9. The van der Waals surface area contributed by atoms with Crippen LogP contribution in [0.1, 0.15) is 79.1 Å². The van der Waals surface area contributed by atoms with Crippen LogP contribution < -0.4 is 5.32 Å². The number of Topliss-reactive ketones (excluding diaryl/α,β-unsaturated/α-hetero) is 1. The summed E-state index contributed by atoms with van der Waals surface area (Å²) in [6, 6.07) is 0. The van der Waals surface area contributed by atoms with Gasteiger partial charge in [0.05, 0.1) is 12.5 Å². The summed E-state index contributed by atoms with van der Waals surface area (Å²) in [6.45, 7) is 8.49. The maximum Gasteiger partial charge on any atom is 0.228 e. The summed E-state index contributed by atoms with van der Waals surface area (Å²) < 4.78 is 0. The van der Waals surface area contributed by atoms with E-state index in [1.807, 2.05) is 0 Å². The van der Waals surface area contributed by atoms with Crippen LogP contribution in [-0.4, -0.2) is 39.5 Å². The Morgan fingerprint density at radius 1 is 1.00 bits per heavy atom. The summed E-state index contributed by atoms with van der Waals surface area (Å²) >= 11 is 0. The number of piperidine rings is 1. The number of nitrogens with zero attached hydrogens (tertiary/aromatic N) is 1. The van der Waals surface area contributed by atoms with Gasteiger partial charge in [-0.05, 0) is 53.4 Å². The maximum absolute atomic E-state index is 12.5. The van der Waals surface area contributed by atoms with Crippen LogP contribution in [0, 0.1) is 0 Å². The molecule has 1 saturated carbocycles. The second-order valence-corrected chi connectivity index (χ2v) is 8.87. The van der Waals surface area contributed by atoms with E-state index >= 15 is 0 Å². The second-order valence-electron chi connectivity index (χ2n) is 8.87. The highest BCUT2D eigenvalue weighted by Crippen LogP contribution is 2.46. The minimum atomic E-state index is -0.712. The number of amides is 1. The van der Waals surface area contributed by atoms with Crippen molar-refractivity contribution in [2.45, 2.75) is 102 Å². The van der Waals surface area contributed by atoms with Crippen LogP contribution in [0.15, 0.2) is 0 Å². The number of rotatable bonds is 2. The van der Waals surface area contributed by atoms with Gasteiger partial charge in [-0.2, -0.15) is 5.06 Å². The predicted molar refractivity (Wildman–Crippen MR) is 87.7 cm³/mol. The Labute approximate surface area is 139 Å². The first-order chi connectivity index (χ1) is 10.6. The minimum Gasteiger partial charge on any atom is -0.343 e. The average Bonchev–Trinajstić information content (AvgIpc) is 2.68. The molecule has 3 fully saturated rings. The van der Waals surface area contributed by atoms with E-state index in [1.165, 1.54) is 19.3 Å². The highest BCUT2D eigenvalue weighted by Gasteiger charge is 2.59. The first-order valence-electron chi connectivity index (χ1n) is 8.96. The Bertz CT molecular complexity index is 488. The molecule has 0 atom stereocenters. The Morgan fingerprint density at radius 2 is 1.57 bits per heavy atom. The van der Waals surface area contributed by atoms with Gasteiger partial charge in [0.1, 0.15) is 5.54 Å². The van der Waals surface area contributed by atoms with Crippen molar-refractivity contribution >= 4 is 11.7 Å². The topological polar surface area (TPSA) is 58.6 Å². The van der Waals surface area contributed by atoms with E-state index in [1.54, 1.807) is 0 Å². The lowest BCUT2D eigenvalue weighted by Crippen LogP contribution is -2.69. The van der Waals surface area contributed by atoms with E-state index in [9.17, 15) is 9.59 Å². The van der Waals surface area contributed by atoms with Gasteiger partial charge in [-0.15, -0.1) is 0 Å². The first-order valence-corrected chi connectivity index (χ1v) is 8.96. The standard InChI is InChI=1S/C18H30N2O3/c1-16(2)11-18(14(21)10-15(22)19-18)12-17(3,4)20(16)23-13-8-6-5-7-9-13/h13H,5-12H2,1-4H3,(H,19,22). The third-order valence-electron chi connectivity index (χ3n) is 5.61. The maximum atomic E-state index is 12.5. The van der Waals surface area contributed by atoms with Gasteiger partial charge in [0.2, 0.25) is 5.91 Å². The summed E-state index contributed by atoms with van der Waals surface area (Å²) in [5, 5.41) is 5.11. The van der Waals surface area contributed by atoms with Gasteiger partial charge < -0.3 is 5.32 Å². The number of carbonyl (C=O) groups excluding carboxylic acids is 2. The van der Waals surface area contributed by atoms with E-state index < -0.39 is 5.54 Å². The number of nitrogens with one attached hydrogen (secondary N) is 1. The highest BCUT2D eigenvalue weighted by atomic mass is 16.7. The molecule has 3 rings (SSSR count). The van der Waals surface area contributed by atoms with E-state index in [0.29, 0.717) is 12.8 Å². The predicted octanol–water partition coefficient (Wildman–Crippen LogP) is 2.73. The van der Waals surface area contributed by atoms with Crippen molar-refractivity contribution < 1.29 is 14.4 Å². The monoisotopic (exact) mass is 322 g/mol. The molecule has 0 aromatic carbocycles. The third-order valence-corrected chi connectivity index (χ3v) is 5.61. The largest absolute Gasteiger partial charge is 0.343 e. The van der Waals surface area contributed by atoms with Crippen molar-refractivity contribution in [1.82, 2.24) is 10.4 Å². The van der Waals surface area contributed by atoms with E-state index in [-0.39, 0.29) is 35.3 Å². The van der Waals surface area contributed by atoms with Crippen LogP contribution in [0.25, 0.3) is 0 Å². The molecule has 1 N–H and O–H groups in total. The van der Waals surface area contributed by atoms with E-state index in [4.69, 9.17) is 4.84 Å². The fourth-order valence-electron chi connectivity index (χ4n) is 5.09. The van der Waals surface area contributed by atoms with E-state index in [2.05, 4.69) is 38.1 Å². The molecule has 0 unspecified atom stereocenters. The average molecular weight is 322 g/mol. The fourth-order valence-corrected chi connectivity index (χ4v) is 5.09. The quantitative estimate of drug-likeness (QED) is 0.794. The molecule has 2 saturated heterocycles. The molecule has 130 valence electrons. The van der Waals surface area contributed by atoms with Crippen molar-refractivity contribution in [2.75, 3.05) is 0 Å². The zero-order valence-electron chi connectivity index (χ0n) is 14.9. The lowest BCUT2D eigenvalue weighted by atomic mass is 9.69. The molecule has 5 heteroatoms. The highest BCUT2D eigenvalue weighted by molar-refractivity contribution is 6.10. The molecule has 23 heavy (non-hydrogen) atoms. The van der Waals surface area contributed by atoms with Gasteiger partial charge in [-0.25, -0.2) is 0 Å². The number of hydrogen-bond acceptors (Lipinski definition) is 4. The van der Waals surface area contributed by atoms with Crippen molar-refractivity contribution in [2.24, 2.45) is 0 Å². The van der Waals surface area contributed by atoms with E-state index in [0.717, 1.165) is 12.8 Å². The Morgan fingerprint density at radius 3 is 2.04 bits per heavy atom. The van der Waals surface area contributed by atoms with Crippen LogP contribution >= 0.6 is 0 Å². The van der Waals surface area contributed by atoms with Crippen molar-refractivity contribution in [3.8, 4) is 0 Å². The Balaban J connectivity index is 1.82. The molecule has 1 spiro atoms. The zero-order valence-corrected chi connectivity index (χ0v) is 14.9. The van der Waals surface area contributed by atoms with Crippen LogP contribution in [-0.2, 0) is 14.4 Å². The summed E-state index contributed by atoms with van der Waals surface area (Å²) in [5.74, 6) is -0.0933. The van der Waals surface area contributed by atoms with Crippen molar-refractivity contribution in [3.63, 3.8) is 0 Å². The van der Waals surface area contributed by atoms with Gasteiger partial charge in [0.25, 0.3) is 0 Å². The summed E-state index contributed by atoms with van der Waals surface area (Å²) in [6.07, 6.45) is 7.53. The lowest BCUT2D eigenvalue weighted by molar-refractivity contribution is -0.314. The molecule has 0 aromatic rings. The van der Waals surface area contributed by atoms with Gasteiger partial charge in [-0.1, -0.05) is 19.3 Å². The van der Waals surface area contributed by atoms with Crippen molar-refractivity contribution in [1.29, 1.82) is 0 Å². The second kappa shape index (κ2) is 5.55. The van der Waals surface area contributed by atoms with Crippen molar-refractivity contribution in [3.05, 3.63) is 0 Å². The molecule has 1 aliphatic carbocycles. The van der Waals surface area contributed by atoms with Crippen LogP contribution in [0.4, 0.5) is 0 Å². The normalized spacial score (nSPS) is 30.6. The SMILES string of the molecule is CC1(C)CC2(CC(C)(C)N1OC1CCCCC1)NC(=O)CC2=O. The van der Waals surface area contributed by atoms with Crippen LogP contribution in [0.5, 0.6) is 0 Å². The van der Waals surface area contributed by atoms with Crippen LogP contribution in [0.3, 0.4) is 0 Å². The lowest BCUT2D eigenvalue weighted by Gasteiger charge is -2.57. The Hall–Kier alpha value is -0.940. The van der Waals surface area contributed by atoms with Gasteiger partial charge >= 0.3 is 0 Å². The molecule has 0 radical (unpaired) electrons. The smallest absolute Gasteiger partial charge is 0.228 e. The summed E-state index contributed by atoms with van der Waals surface area (Å²) in [5.41, 5.74) is -1.31. The van der Waals surface area contributed by atoms with Gasteiger partial charge in [0.15, 0.2) is 5.78 Å². The Kier molecular flexibility index (Phi) is 4.08. The summed E-state index contributed by atoms with van der Waals surface area (Å²) in [7, 11) is 0.